The number of carbonyl (C=O) groups excluding carboxylic acids is 2. The van der Waals surface area contributed by atoms with Crippen molar-refractivity contribution in [2.45, 2.75) is 277 Å². The summed E-state index contributed by atoms with van der Waals surface area (Å²) >= 11 is 0. The summed E-state index contributed by atoms with van der Waals surface area (Å²) in [6.07, 6.45) is 100. The zero-order valence-electron chi connectivity index (χ0n) is 56.9. The van der Waals surface area contributed by atoms with E-state index >= 15 is 0 Å². The molecule has 0 aromatic rings. The number of rotatable bonds is 63. The Balaban J connectivity index is 4.11. The van der Waals surface area contributed by atoms with Gasteiger partial charge in [0.05, 0.1) is 27.7 Å². The van der Waals surface area contributed by atoms with Crippen LogP contribution in [0.3, 0.4) is 0 Å². The highest BCUT2D eigenvalue weighted by Gasteiger charge is 2.27. The Morgan fingerprint density at radius 2 is 0.614 bits per heavy atom. The third kappa shape index (κ3) is 70.7. The molecule has 0 bridgehead atoms. The summed E-state index contributed by atoms with van der Waals surface area (Å²) in [4.78, 5) is 35.9. The Morgan fingerprint density at radius 1 is 0.352 bits per heavy atom. The lowest BCUT2D eigenvalue weighted by Crippen LogP contribution is -2.37. The van der Waals surface area contributed by atoms with Crippen LogP contribution >= 0.6 is 7.82 Å². The predicted molar refractivity (Wildman–Crippen MR) is 380 cm³/mol. The molecule has 0 aliphatic rings. The van der Waals surface area contributed by atoms with Crippen molar-refractivity contribution in [1.29, 1.82) is 0 Å². The van der Waals surface area contributed by atoms with Gasteiger partial charge in [-0.3, -0.25) is 18.6 Å². The fraction of sp³-hybridized carbons (Fsp3) is 0.641. The Bertz CT molecular complexity index is 2040. The molecular weight excluding hydrogens is 1110 g/mol. The van der Waals surface area contributed by atoms with Gasteiger partial charge in [-0.05, 0) is 122 Å². The molecule has 0 aliphatic carbocycles. The fourth-order valence-electron chi connectivity index (χ4n) is 9.24. The van der Waals surface area contributed by atoms with E-state index in [4.69, 9.17) is 18.5 Å². The summed E-state index contributed by atoms with van der Waals surface area (Å²) in [5.41, 5.74) is 0. The third-order valence-electron chi connectivity index (χ3n) is 14.6. The van der Waals surface area contributed by atoms with Gasteiger partial charge in [0.2, 0.25) is 0 Å². The van der Waals surface area contributed by atoms with E-state index in [1.165, 1.54) is 109 Å². The number of allylic oxidation sites excluding steroid dienone is 26. The number of phosphoric acid groups is 1. The van der Waals surface area contributed by atoms with E-state index in [9.17, 15) is 19.0 Å². The number of esters is 2. The molecule has 2 atom stereocenters. The van der Waals surface area contributed by atoms with Crippen LogP contribution in [0, 0.1) is 0 Å². The second kappa shape index (κ2) is 67.0. The number of quaternary nitrogens is 1. The molecule has 0 radical (unpaired) electrons. The van der Waals surface area contributed by atoms with Gasteiger partial charge in [0.25, 0.3) is 0 Å². The van der Waals surface area contributed by atoms with Gasteiger partial charge in [-0.1, -0.05) is 294 Å². The van der Waals surface area contributed by atoms with Crippen molar-refractivity contribution in [3.05, 3.63) is 158 Å². The first-order valence-corrected chi connectivity index (χ1v) is 36.7. The monoisotopic (exact) mass is 1240 g/mol. The molecule has 2 unspecified atom stereocenters. The van der Waals surface area contributed by atoms with Crippen LogP contribution < -0.4 is 0 Å². The number of nitrogens with zero attached hydrogens (tertiary/aromatic N) is 1. The summed E-state index contributed by atoms with van der Waals surface area (Å²) in [7, 11) is 1.46. The second-order valence-electron chi connectivity index (χ2n) is 24.2. The summed E-state index contributed by atoms with van der Waals surface area (Å²) in [6, 6.07) is 0. The number of carbonyl (C=O) groups is 2. The number of ether oxygens (including phenoxy) is 2. The minimum Gasteiger partial charge on any atom is -0.462 e. The SMILES string of the molecule is CC/C=C\C/C=C\C/C=C\C/C=C\C/C=C\C/C=C\C/C=C\CCCCCCCCCCCC(=O)OC(COC(=O)CCCCCCCCCCCCCCCC/C=C\C/C=C\C/C=C\C/C=C\C/C=C\C/C=C\CC)COP(=O)(O)OCC[N+](C)(C)C. The lowest BCUT2D eigenvalue weighted by molar-refractivity contribution is -0.870. The normalized spacial score (nSPS) is 14.1. The van der Waals surface area contributed by atoms with Crippen LogP contribution in [0.25, 0.3) is 0 Å². The highest BCUT2D eigenvalue weighted by atomic mass is 31.2. The summed E-state index contributed by atoms with van der Waals surface area (Å²) in [5, 5.41) is 0. The van der Waals surface area contributed by atoms with Crippen molar-refractivity contribution < 1.29 is 42.1 Å². The number of hydrogen-bond donors (Lipinski definition) is 1. The van der Waals surface area contributed by atoms with E-state index in [0.717, 1.165) is 128 Å². The summed E-state index contributed by atoms with van der Waals surface area (Å²) < 4.78 is 34.7. The van der Waals surface area contributed by atoms with E-state index in [1.54, 1.807) is 0 Å². The van der Waals surface area contributed by atoms with Crippen LogP contribution in [0.15, 0.2) is 158 Å². The third-order valence-corrected chi connectivity index (χ3v) is 15.5. The first kappa shape index (κ1) is 83.6. The van der Waals surface area contributed by atoms with Gasteiger partial charge >= 0.3 is 19.8 Å². The molecule has 0 fully saturated rings. The average Bonchev–Trinajstić information content (AvgIpc) is 3.68. The molecule has 500 valence electrons. The first-order valence-electron chi connectivity index (χ1n) is 35.2. The van der Waals surface area contributed by atoms with Crippen molar-refractivity contribution >= 4 is 19.8 Å². The maximum Gasteiger partial charge on any atom is 0.472 e. The van der Waals surface area contributed by atoms with Gasteiger partial charge in [-0.15, -0.1) is 0 Å². The molecule has 0 aromatic carbocycles. The van der Waals surface area contributed by atoms with Crippen LogP contribution in [0.4, 0.5) is 0 Å². The van der Waals surface area contributed by atoms with E-state index in [1.807, 2.05) is 21.1 Å². The van der Waals surface area contributed by atoms with E-state index in [2.05, 4.69) is 172 Å². The van der Waals surface area contributed by atoms with Gasteiger partial charge in [0.15, 0.2) is 6.10 Å². The zero-order valence-corrected chi connectivity index (χ0v) is 57.8. The van der Waals surface area contributed by atoms with Crippen LogP contribution in [0.5, 0.6) is 0 Å². The van der Waals surface area contributed by atoms with Gasteiger partial charge < -0.3 is 18.9 Å². The van der Waals surface area contributed by atoms with Crippen LogP contribution in [0.1, 0.15) is 271 Å². The smallest absolute Gasteiger partial charge is 0.462 e. The van der Waals surface area contributed by atoms with Gasteiger partial charge in [0.1, 0.15) is 19.8 Å². The molecule has 9 nitrogen and oxygen atoms in total. The molecule has 0 saturated carbocycles. The van der Waals surface area contributed by atoms with Gasteiger partial charge in [0, 0.05) is 12.8 Å². The second-order valence-corrected chi connectivity index (χ2v) is 25.6. The molecule has 0 rings (SSSR count). The standard InChI is InChI=1S/C78H130NO8P/c1-6-8-10-12-14-16-18-20-22-24-26-28-30-32-34-36-38-39-41-42-44-46-48-50-52-54-56-58-60-62-64-66-68-70-77(80)84-74-76(75-86-88(82,83)85-73-72-79(3,4)5)87-78(81)71-69-67-65-63-61-59-57-55-53-51-49-47-45-43-40-37-35-33-31-29-27-25-23-21-19-17-15-13-11-9-7-2/h8-11,14-17,20-23,26-29,32-35,38-40,43,47,49,76H,6-7,12-13,18-19,24-25,30-31,36-37,41-42,44-46,48,50-75H2,1-5H3/p+1/b10-8-,11-9-,16-14-,17-15-,22-20-,23-21-,28-26-,29-27-,34-32-,35-33-,39-38-,43-40-,49-47-. The molecule has 0 spiro atoms. The lowest BCUT2D eigenvalue weighted by atomic mass is 10.0. The minimum atomic E-state index is -4.40. The van der Waals surface area contributed by atoms with Crippen molar-refractivity contribution in [1.82, 2.24) is 0 Å². The van der Waals surface area contributed by atoms with Gasteiger partial charge in [-0.25, -0.2) is 4.57 Å². The molecule has 0 saturated heterocycles. The van der Waals surface area contributed by atoms with Gasteiger partial charge in [-0.2, -0.15) is 0 Å². The maximum absolute atomic E-state index is 12.9. The summed E-state index contributed by atoms with van der Waals surface area (Å²) in [5.74, 6) is -0.810. The van der Waals surface area contributed by atoms with E-state index in [-0.39, 0.29) is 32.0 Å². The number of phosphoric ester groups is 1. The maximum atomic E-state index is 12.9. The highest BCUT2D eigenvalue weighted by Crippen LogP contribution is 2.43. The molecular formula is C78H131NO8P+. The molecule has 0 amide bonds. The average molecular weight is 1240 g/mol. The van der Waals surface area contributed by atoms with E-state index < -0.39 is 26.5 Å². The van der Waals surface area contributed by atoms with Crippen molar-refractivity contribution in [3.8, 4) is 0 Å². The Hall–Kier alpha value is -4.37. The van der Waals surface area contributed by atoms with E-state index in [0.29, 0.717) is 17.4 Å². The molecule has 0 aliphatic heterocycles. The molecule has 0 aromatic heterocycles. The Labute approximate surface area is 541 Å². The molecule has 1 N–H and O–H groups in total. The molecule has 88 heavy (non-hydrogen) atoms. The minimum absolute atomic E-state index is 0.0231. The Kier molecular flexibility index (Phi) is 63.7. The van der Waals surface area contributed by atoms with Crippen LogP contribution in [-0.4, -0.2) is 74.9 Å². The quantitative estimate of drug-likeness (QED) is 0.0211. The van der Waals surface area contributed by atoms with Crippen molar-refractivity contribution in [3.63, 3.8) is 0 Å². The first-order chi connectivity index (χ1) is 43.0. The van der Waals surface area contributed by atoms with Crippen molar-refractivity contribution in [2.75, 3.05) is 47.5 Å². The van der Waals surface area contributed by atoms with Crippen LogP contribution in [0.2, 0.25) is 0 Å². The van der Waals surface area contributed by atoms with Crippen LogP contribution in [-0.2, 0) is 32.7 Å². The molecule has 10 heteroatoms. The van der Waals surface area contributed by atoms with Crippen molar-refractivity contribution in [2.24, 2.45) is 0 Å². The number of likely N-dealkylation sites (N-methyl/N-ethyl adjacent to an activating group) is 1. The topological polar surface area (TPSA) is 108 Å². The fourth-order valence-corrected chi connectivity index (χ4v) is 9.98. The lowest BCUT2D eigenvalue weighted by Gasteiger charge is -2.24. The zero-order chi connectivity index (χ0) is 64.1. The highest BCUT2D eigenvalue weighted by molar-refractivity contribution is 7.47. The summed E-state index contributed by atoms with van der Waals surface area (Å²) in [6.45, 7) is 4.20. The Morgan fingerprint density at radius 3 is 0.909 bits per heavy atom. The largest absolute Gasteiger partial charge is 0.472 e. The molecule has 0 heterocycles. The number of unbranched alkanes of at least 4 members (excludes halogenated alkanes) is 23. The number of hydrogen-bond acceptors (Lipinski definition) is 7. The predicted octanol–water partition coefficient (Wildman–Crippen LogP) is 23.2.